The lowest BCUT2D eigenvalue weighted by atomic mass is 10.2. The fourth-order valence-electron chi connectivity index (χ4n) is 2.56. The Balaban J connectivity index is 1.81. The summed E-state index contributed by atoms with van der Waals surface area (Å²) in [6.07, 6.45) is -0.0294. The fraction of sp³-hybridized carbons (Fsp3) is 0.176. The Kier molecular flexibility index (Phi) is 4.45. The molecule has 8 heteroatoms. The Morgan fingerprint density at radius 1 is 1.12 bits per heavy atom. The van der Waals surface area contributed by atoms with E-state index in [-0.39, 0.29) is 23.8 Å². The van der Waals surface area contributed by atoms with Crippen LogP contribution >= 0.6 is 0 Å². The van der Waals surface area contributed by atoms with E-state index in [2.05, 4.69) is 5.32 Å². The highest BCUT2D eigenvalue weighted by molar-refractivity contribution is 7.94. The topological polar surface area (TPSA) is 92.8 Å². The second-order valence-corrected chi connectivity index (χ2v) is 7.36. The first-order valence-electron chi connectivity index (χ1n) is 7.52. The number of carbonyl (C=O) groups is 2. The van der Waals surface area contributed by atoms with Gasteiger partial charge in [0.1, 0.15) is 5.75 Å². The maximum atomic E-state index is 12.3. The van der Waals surface area contributed by atoms with Gasteiger partial charge in [0.15, 0.2) is 0 Å². The summed E-state index contributed by atoms with van der Waals surface area (Å²) >= 11 is 0. The van der Waals surface area contributed by atoms with Crippen LogP contribution in [0.15, 0.2) is 48.5 Å². The standard InChI is InChI=1S/C17H16N2O5S/c1-24-15-5-3-2-4-14(15)18-17(21)12-6-8-13(9-7-12)19-16(20)10-11-25(19,22)23/h2-9H,10-11H2,1H3,(H,18,21). The summed E-state index contributed by atoms with van der Waals surface area (Å²) in [5, 5.41) is 2.73. The largest absolute Gasteiger partial charge is 0.495 e. The van der Waals surface area contributed by atoms with Gasteiger partial charge in [0.05, 0.1) is 24.2 Å². The van der Waals surface area contributed by atoms with Gasteiger partial charge in [0.25, 0.3) is 5.91 Å². The predicted octanol–water partition coefficient (Wildman–Crippen LogP) is 2.01. The minimum absolute atomic E-state index is 0.0294. The van der Waals surface area contributed by atoms with Crippen LogP contribution in [0.4, 0.5) is 11.4 Å². The van der Waals surface area contributed by atoms with Crippen LogP contribution in [-0.2, 0) is 14.8 Å². The Labute approximate surface area is 145 Å². The van der Waals surface area contributed by atoms with Gasteiger partial charge in [-0.1, -0.05) is 12.1 Å². The molecule has 2 aromatic carbocycles. The quantitative estimate of drug-likeness (QED) is 0.900. The maximum Gasteiger partial charge on any atom is 0.255 e. The maximum absolute atomic E-state index is 12.3. The molecule has 0 radical (unpaired) electrons. The fourth-order valence-corrected chi connectivity index (χ4v) is 4.02. The van der Waals surface area contributed by atoms with Crippen molar-refractivity contribution in [3.8, 4) is 5.75 Å². The Hall–Kier alpha value is -2.87. The highest BCUT2D eigenvalue weighted by Crippen LogP contribution is 2.26. The third kappa shape index (κ3) is 3.34. The van der Waals surface area contributed by atoms with Gasteiger partial charge in [0, 0.05) is 12.0 Å². The number of benzene rings is 2. The number of amides is 2. The van der Waals surface area contributed by atoms with E-state index >= 15 is 0 Å². The summed E-state index contributed by atoms with van der Waals surface area (Å²) in [5.74, 6) is -0.499. The molecule has 0 bridgehead atoms. The molecule has 0 spiro atoms. The summed E-state index contributed by atoms with van der Waals surface area (Å²) in [5.41, 5.74) is 1.09. The summed E-state index contributed by atoms with van der Waals surface area (Å²) in [6.45, 7) is 0. The smallest absolute Gasteiger partial charge is 0.255 e. The first-order valence-corrected chi connectivity index (χ1v) is 9.13. The number of nitrogens with one attached hydrogen (secondary N) is 1. The van der Waals surface area contributed by atoms with Crippen molar-refractivity contribution in [2.45, 2.75) is 6.42 Å². The molecule has 1 N–H and O–H groups in total. The molecule has 0 aromatic heterocycles. The molecule has 1 aliphatic rings. The lowest BCUT2D eigenvalue weighted by Gasteiger charge is -2.15. The monoisotopic (exact) mass is 360 g/mol. The zero-order valence-electron chi connectivity index (χ0n) is 13.4. The Morgan fingerprint density at radius 2 is 1.80 bits per heavy atom. The van der Waals surface area contributed by atoms with Gasteiger partial charge < -0.3 is 10.1 Å². The number of rotatable bonds is 4. The van der Waals surface area contributed by atoms with Gasteiger partial charge in [-0.2, -0.15) is 0 Å². The van der Waals surface area contributed by atoms with Crippen molar-refractivity contribution in [3.05, 3.63) is 54.1 Å². The van der Waals surface area contributed by atoms with Crippen molar-refractivity contribution >= 4 is 33.2 Å². The van der Waals surface area contributed by atoms with E-state index in [1.807, 2.05) is 0 Å². The van der Waals surface area contributed by atoms with Crippen molar-refractivity contribution in [3.63, 3.8) is 0 Å². The van der Waals surface area contributed by atoms with Crippen LogP contribution < -0.4 is 14.4 Å². The van der Waals surface area contributed by atoms with E-state index in [0.717, 1.165) is 4.31 Å². The van der Waals surface area contributed by atoms with Crippen LogP contribution in [0.3, 0.4) is 0 Å². The molecular weight excluding hydrogens is 344 g/mol. The first-order chi connectivity index (χ1) is 11.9. The number of methoxy groups -OCH3 is 1. The second kappa shape index (κ2) is 6.56. The van der Waals surface area contributed by atoms with Crippen LogP contribution in [0.1, 0.15) is 16.8 Å². The molecule has 0 unspecified atom stereocenters. The molecule has 1 saturated heterocycles. The van der Waals surface area contributed by atoms with Crippen LogP contribution in [0, 0.1) is 0 Å². The van der Waals surface area contributed by atoms with Crippen molar-refractivity contribution in [1.82, 2.24) is 0 Å². The number of nitrogens with zero attached hydrogens (tertiary/aromatic N) is 1. The van der Waals surface area contributed by atoms with Gasteiger partial charge >= 0.3 is 0 Å². The first kappa shape index (κ1) is 17.0. The van der Waals surface area contributed by atoms with E-state index in [4.69, 9.17) is 4.74 Å². The van der Waals surface area contributed by atoms with Gasteiger partial charge in [-0.15, -0.1) is 0 Å². The van der Waals surface area contributed by atoms with Crippen molar-refractivity contribution in [2.75, 3.05) is 22.5 Å². The molecule has 7 nitrogen and oxygen atoms in total. The number of carbonyl (C=O) groups excluding carboxylic acids is 2. The molecule has 1 fully saturated rings. The number of hydrogen-bond acceptors (Lipinski definition) is 5. The van der Waals surface area contributed by atoms with Crippen molar-refractivity contribution < 1.29 is 22.7 Å². The number of para-hydroxylation sites is 2. The van der Waals surface area contributed by atoms with Crippen LogP contribution in [-0.4, -0.2) is 33.1 Å². The Bertz CT molecular complexity index is 922. The van der Waals surface area contributed by atoms with E-state index < -0.39 is 15.9 Å². The van der Waals surface area contributed by atoms with Crippen LogP contribution in [0.25, 0.3) is 0 Å². The normalized spacial score (nSPS) is 15.9. The van der Waals surface area contributed by atoms with Crippen molar-refractivity contribution in [1.29, 1.82) is 0 Å². The van der Waals surface area contributed by atoms with Gasteiger partial charge in [-0.05, 0) is 36.4 Å². The zero-order chi connectivity index (χ0) is 18.0. The molecule has 0 aliphatic carbocycles. The molecular formula is C17H16N2O5S. The SMILES string of the molecule is COc1ccccc1NC(=O)c1ccc(N2C(=O)CCS2(=O)=O)cc1. The van der Waals surface area contributed by atoms with Crippen LogP contribution in [0.2, 0.25) is 0 Å². The molecule has 0 atom stereocenters. The van der Waals surface area contributed by atoms with E-state index in [0.29, 0.717) is 17.0 Å². The summed E-state index contributed by atoms with van der Waals surface area (Å²) in [4.78, 5) is 24.1. The van der Waals surface area contributed by atoms with E-state index in [1.54, 1.807) is 24.3 Å². The average Bonchev–Trinajstić information content (AvgIpc) is 2.88. The summed E-state index contributed by atoms with van der Waals surface area (Å²) in [6, 6.07) is 12.8. The number of anilines is 2. The van der Waals surface area contributed by atoms with Crippen LogP contribution in [0.5, 0.6) is 5.75 Å². The number of sulfonamides is 1. The molecule has 1 aliphatic heterocycles. The molecule has 3 rings (SSSR count). The third-order valence-electron chi connectivity index (χ3n) is 3.80. The number of hydrogen-bond donors (Lipinski definition) is 1. The molecule has 0 saturated carbocycles. The third-order valence-corrected chi connectivity index (χ3v) is 5.49. The predicted molar refractivity (Wildman–Crippen MR) is 93.3 cm³/mol. The van der Waals surface area contributed by atoms with Crippen molar-refractivity contribution in [2.24, 2.45) is 0 Å². The lowest BCUT2D eigenvalue weighted by molar-refractivity contribution is -0.116. The van der Waals surface area contributed by atoms with Gasteiger partial charge in [0.2, 0.25) is 15.9 Å². The van der Waals surface area contributed by atoms with Gasteiger partial charge in [-0.3, -0.25) is 9.59 Å². The molecule has 2 amide bonds. The summed E-state index contributed by atoms with van der Waals surface area (Å²) in [7, 11) is -2.11. The highest BCUT2D eigenvalue weighted by Gasteiger charge is 2.36. The highest BCUT2D eigenvalue weighted by atomic mass is 32.2. The van der Waals surface area contributed by atoms with E-state index in [9.17, 15) is 18.0 Å². The molecule has 25 heavy (non-hydrogen) atoms. The second-order valence-electron chi connectivity index (χ2n) is 5.43. The lowest BCUT2D eigenvalue weighted by Crippen LogP contribution is -2.29. The molecule has 2 aromatic rings. The molecule has 1 heterocycles. The minimum Gasteiger partial charge on any atom is -0.495 e. The Morgan fingerprint density at radius 3 is 2.40 bits per heavy atom. The average molecular weight is 360 g/mol. The van der Waals surface area contributed by atoms with E-state index in [1.165, 1.54) is 31.4 Å². The molecule has 130 valence electrons. The summed E-state index contributed by atoms with van der Waals surface area (Å²) < 4.78 is 29.8. The van der Waals surface area contributed by atoms with Gasteiger partial charge in [-0.25, -0.2) is 12.7 Å². The number of ether oxygens (including phenoxy) is 1. The minimum atomic E-state index is -3.61. The zero-order valence-corrected chi connectivity index (χ0v) is 14.2.